The highest BCUT2D eigenvalue weighted by molar-refractivity contribution is 5.61. The van der Waals surface area contributed by atoms with Gasteiger partial charge in [-0.1, -0.05) is 6.07 Å². The molecule has 100 valence electrons. The van der Waals surface area contributed by atoms with Gasteiger partial charge in [-0.2, -0.15) is 0 Å². The predicted octanol–water partition coefficient (Wildman–Crippen LogP) is 3.27. The molecule has 0 spiro atoms. The van der Waals surface area contributed by atoms with Gasteiger partial charge in [-0.15, -0.1) is 0 Å². The fraction of sp³-hybridized carbons (Fsp3) is 0.312. The van der Waals surface area contributed by atoms with Crippen LogP contribution in [-0.2, 0) is 6.61 Å². The van der Waals surface area contributed by atoms with Gasteiger partial charge in [0.05, 0.1) is 6.61 Å². The largest absolute Gasteiger partial charge is 0.392 e. The van der Waals surface area contributed by atoms with Crippen LogP contribution >= 0.6 is 0 Å². The lowest BCUT2D eigenvalue weighted by Gasteiger charge is -2.20. The molecule has 0 aliphatic carbocycles. The highest BCUT2D eigenvalue weighted by Crippen LogP contribution is 2.25. The van der Waals surface area contributed by atoms with Crippen molar-refractivity contribution in [1.29, 1.82) is 0 Å². The van der Waals surface area contributed by atoms with Crippen LogP contribution in [0.1, 0.15) is 22.4 Å². The van der Waals surface area contributed by atoms with Gasteiger partial charge >= 0.3 is 0 Å². The smallest absolute Gasteiger partial charge is 0.133 e. The van der Waals surface area contributed by atoms with Crippen LogP contribution in [0.15, 0.2) is 30.3 Å². The lowest BCUT2D eigenvalue weighted by molar-refractivity contribution is 0.281. The number of hydrogen-bond acceptors (Lipinski definition) is 3. The first-order valence-electron chi connectivity index (χ1n) is 6.40. The molecule has 1 aromatic carbocycles. The van der Waals surface area contributed by atoms with Gasteiger partial charge in [0.2, 0.25) is 0 Å². The fourth-order valence-corrected chi connectivity index (χ4v) is 2.26. The molecule has 0 aliphatic heterocycles. The Kier molecular flexibility index (Phi) is 3.86. The molecule has 19 heavy (non-hydrogen) atoms. The second kappa shape index (κ2) is 5.41. The molecular formula is C16H20N2O. The summed E-state index contributed by atoms with van der Waals surface area (Å²) in [5.74, 6) is 0.856. The SMILES string of the molecule is Cc1cc(C)cc(N(C)c2cc(CO)cc(C)n2)c1. The van der Waals surface area contributed by atoms with Crippen LogP contribution in [-0.4, -0.2) is 17.1 Å². The van der Waals surface area contributed by atoms with Crippen molar-refractivity contribution in [2.75, 3.05) is 11.9 Å². The maximum Gasteiger partial charge on any atom is 0.133 e. The zero-order valence-electron chi connectivity index (χ0n) is 11.9. The van der Waals surface area contributed by atoms with Crippen molar-refractivity contribution in [2.45, 2.75) is 27.4 Å². The summed E-state index contributed by atoms with van der Waals surface area (Å²) in [7, 11) is 2.00. The average molecular weight is 256 g/mol. The van der Waals surface area contributed by atoms with Crippen LogP contribution < -0.4 is 4.90 Å². The molecule has 0 bridgehead atoms. The molecule has 0 amide bonds. The quantitative estimate of drug-likeness (QED) is 0.915. The number of hydrogen-bond donors (Lipinski definition) is 1. The lowest BCUT2D eigenvalue weighted by atomic mass is 10.1. The van der Waals surface area contributed by atoms with Crippen LogP contribution in [0.25, 0.3) is 0 Å². The number of aliphatic hydroxyl groups excluding tert-OH is 1. The van der Waals surface area contributed by atoms with Crippen molar-refractivity contribution in [3.05, 3.63) is 52.7 Å². The Morgan fingerprint density at radius 1 is 1.00 bits per heavy atom. The maximum absolute atomic E-state index is 9.28. The van der Waals surface area contributed by atoms with E-state index in [9.17, 15) is 5.11 Å². The summed E-state index contributed by atoms with van der Waals surface area (Å²) < 4.78 is 0. The fourth-order valence-electron chi connectivity index (χ4n) is 2.26. The van der Waals surface area contributed by atoms with E-state index in [1.807, 2.05) is 31.0 Å². The minimum absolute atomic E-state index is 0.0387. The molecule has 0 saturated heterocycles. The molecular weight excluding hydrogens is 236 g/mol. The van der Waals surface area contributed by atoms with Gasteiger partial charge in [0.15, 0.2) is 0 Å². The van der Waals surface area contributed by atoms with Gasteiger partial charge in [0.1, 0.15) is 5.82 Å². The zero-order valence-corrected chi connectivity index (χ0v) is 11.9. The number of pyridine rings is 1. The first-order valence-corrected chi connectivity index (χ1v) is 6.40. The van der Waals surface area contributed by atoms with Gasteiger partial charge in [-0.25, -0.2) is 4.98 Å². The summed E-state index contributed by atoms with van der Waals surface area (Å²) in [5, 5.41) is 9.28. The summed E-state index contributed by atoms with van der Waals surface area (Å²) in [6.45, 7) is 6.16. The molecule has 1 N–H and O–H groups in total. The Bertz CT molecular complexity index is 573. The van der Waals surface area contributed by atoms with Crippen LogP contribution in [0.5, 0.6) is 0 Å². The molecule has 0 fully saturated rings. The van der Waals surface area contributed by atoms with Gasteiger partial charge in [0, 0.05) is 18.4 Å². The number of nitrogens with zero attached hydrogens (tertiary/aromatic N) is 2. The van der Waals surface area contributed by atoms with Crippen LogP contribution in [0.3, 0.4) is 0 Å². The first kappa shape index (κ1) is 13.6. The van der Waals surface area contributed by atoms with Crippen molar-refractivity contribution in [3.8, 4) is 0 Å². The summed E-state index contributed by atoms with van der Waals surface area (Å²) in [6, 6.07) is 10.2. The molecule has 3 nitrogen and oxygen atoms in total. The minimum Gasteiger partial charge on any atom is -0.392 e. The Labute approximate surface area is 114 Å². The molecule has 0 atom stereocenters. The highest BCUT2D eigenvalue weighted by Gasteiger charge is 2.08. The van der Waals surface area contributed by atoms with E-state index >= 15 is 0 Å². The normalized spacial score (nSPS) is 10.6. The van der Waals surface area contributed by atoms with Crippen LogP contribution in [0.4, 0.5) is 11.5 Å². The third kappa shape index (κ3) is 3.12. The average Bonchev–Trinajstić information content (AvgIpc) is 2.35. The molecule has 1 heterocycles. The van der Waals surface area contributed by atoms with E-state index in [0.717, 1.165) is 22.8 Å². The van der Waals surface area contributed by atoms with E-state index < -0.39 is 0 Å². The number of anilines is 2. The minimum atomic E-state index is 0.0387. The van der Waals surface area contributed by atoms with Crippen molar-refractivity contribution in [1.82, 2.24) is 4.98 Å². The monoisotopic (exact) mass is 256 g/mol. The molecule has 2 rings (SSSR count). The second-order valence-electron chi connectivity index (χ2n) is 5.04. The molecule has 0 saturated carbocycles. The first-order chi connectivity index (χ1) is 8.99. The van der Waals surface area contributed by atoms with E-state index in [0.29, 0.717) is 0 Å². The Morgan fingerprint density at radius 3 is 2.21 bits per heavy atom. The standard InChI is InChI=1S/C16H20N2O/c1-11-5-12(2)7-15(6-11)18(4)16-9-14(10-19)8-13(3)17-16/h5-9,19H,10H2,1-4H3. The van der Waals surface area contributed by atoms with Gasteiger partial charge in [-0.3, -0.25) is 0 Å². The highest BCUT2D eigenvalue weighted by atomic mass is 16.3. The molecule has 0 unspecified atom stereocenters. The summed E-state index contributed by atoms with van der Waals surface area (Å²) in [4.78, 5) is 6.58. The predicted molar refractivity (Wildman–Crippen MR) is 78.9 cm³/mol. The second-order valence-corrected chi connectivity index (χ2v) is 5.04. The van der Waals surface area contributed by atoms with Gasteiger partial charge in [0.25, 0.3) is 0 Å². The molecule has 0 aliphatic rings. The van der Waals surface area contributed by atoms with Crippen LogP contribution in [0.2, 0.25) is 0 Å². The number of aromatic nitrogens is 1. The van der Waals surface area contributed by atoms with Gasteiger partial charge < -0.3 is 10.0 Å². The van der Waals surface area contributed by atoms with Gasteiger partial charge in [-0.05, 0) is 61.7 Å². The lowest BCUT2D eigenvalue weighted by Crippen LogP contribution is -2.12. The topological polar surface area (TPSA) is 36.4 Å². The summed E-state index contributed by atoms with van der Waals surface area (Å²) >= 11 is 0. The molecule has 0 radical (unpaired) electrons. The van der Waals surface area contributed by atoms with E-state index in [1.54, 1.807) is 0 Å². The van der Waals surface area contributed by atoms with E-state index in [4.69, 9.17) is 0 Å². The Hall–Kier alpha value is -1.87. The number of aryl methyl sites for hydroxylation is 3. The Balaban J connectivity index is 2.43. The summed E-state index contributed by atoms with van der Waals surface area (Å²) in [5.41, 5.74) is 5.38. The maximum atomic E-state index is 9.28. The number of aliphatic hydroxyl groups is 1. The zero-order chi connectivity index (χ0) is 14.0. The molecule has 2 aromatic rings. The third-order valence-corrected chi connectivity index (χ3v) is 3.12. The Morgan fingerprint density at radius 2 is 1.63 bits per heavy atom. The third-order valence-electron chi connectivity index (χ3n) is 3.12. The number of benzene rings is 1. The molecule has 1 aromatic heterocycles. The molecule has 3 heteroatoms. The van der Waals surface area contributed by atoms with E-state index in [1.165, 1.54) is 11.1 Å². The van der Waals surface area contributed by atoms with Crippen molar-refractivity contribution in [3.63, 3.8) is 0 Å². The van der Waals surface area contributed by atoms with Crippen LogP contribution in [0, 0.1) is 20.8 Å². The van der Waals surface area contributed by atoms with E-state index in [2.05, 4.69) is 37.0 Å². The summed E-state index contributed by atoms with van der Waals surface area (Å²) in [6.07, 6.45) is 0. The van der Waals surface area contributed by atoms with E-state index in [-0.39, 0.29) is 6.61 Å². The van der Waals surface area contributed by atoms with Crippen molar-refractivity contribution >= 4 is 11.5 Å². The van der Waals surface area contributed by atoms with Crippen molar-refractivity contribution in [2.24, 2.45) is 0 Å². The number of rotatable bonds is 3. The van der Waals surface area contributed by atoms with Crippen molar-refractivity contribution < 1.29 is 5.11 Å².